The molecule has 0 radical (unpaired) electrons. The van der Waals surface area contributed by atoms with Crippen molar-refractivity contribution in [1.82, 2.24) is 15.5 Å². The van der Waals surface area contributed by atoms with Gasteiger partial charge in [-0.05, 0) is 73.1 Å². The standard InChI is InChI=1S/C37H49F2N3O5S/c1-6-12-31(8-3)48(46,47)24-34(42(5)37(45)32-16-10-9-13-25(32)4)36(44)41-33(20-28-18-29(38)21-30(39)19-28)35(43)23-40-22-27-15-11-14-26(7-2)17-27/h9-11,13-19,21,31,33-35,40,43H,6-8,12,20,22-24H2,1-5H3,(H,41,44)/t31?,33-,34-,35+/m0/s1. The van der Waals surface area contributed by atoms with E-state index in [9.17, 15) is 31.9 Å². The number of likely N-dealkylation sites (N-methyl/N-ethyl adjacent to an activating group) is 1. The molecule has 0 aliphatic rings. The second-order valence-electron chi connectivity index (χ2n) is 12.4. The van der Waals surface area contributed by atoms with E-state index < -0.39 is 62.5 Å². The predicted molar refractivity (Wildman–Crippen MR) is 185 cm³/mol. The van der Waals surface area contributed by atoms with Crippen molar-refractivity contribution in [3.8, 4) is 0 Å². The number of halogens is 2. The van der Waals surface area contributed by atoms with Gasteiger partial charge in [-0.1, -0.05) is 69.7 Å². The van der Waals surface area contributed by atoms with Crippen LogP contribution in [0.4, 0.5) is 8.78 Å². The molecule has 2 amide bonds. The van der Waals surface area contributed by atoms with Crippen molar-refractivity contribution in [2.75, 3.05) is 19.3 Å². The SMILES string of the molecule is CCCC(CC)S(=O)(=O)C[C@@H](C(=O)N[C@@H](Cc1cc(F)cc(F)c1)[C@H](O)CNCc1cccc(CC)c1)N(C)C(=O)c1ccccc1C. The topological polar surface area (TPSA) is 116 Å². The highest BCUT2D eigenvalue weighted by atomic mass is 32.2. The Labute approximate surface area is 283 Å². The van der Waals surface area contributed by atoms with Gasteiger partial charge in [-0.15, -0.1) is 0 Å². The van der Waals surface area contributed by atoms with E-state index in [-0.39, 0.29) is 18.5 Å². The number of hydrogen-bond acceptors (Lipinski definition) is 6. The lowest BCUT2D eigenvalue weighted by Crippen LogP contribution is -2.57. The molecule has 0 heterocycles. The number of nitrogens with zero attached hydrogens (tertiary/aromatic N) is 1. The second kappa shape index (κ2) is 18.2. The Morgan fingerprint density at radius 3 is 2.21 bits per heavy atom. The Morgan fingerprint density at radius 1 is 0.917 bits per heavy atom. The quantitative estimate of drug-likeness (QED) is 0.171. The zero-order valence-electron chi connectivity index (χ0n) is 28.5. The van der Waals surface area contributed by atoms with Crippen LogP contribution >= 0.6 is 0 Å². The predicted octanol–water partition coefficient (Wildman–Crippen LogP) is 5.15. The summed E-state index contributed by atoms with van der Waals surface area (Å²) in [5.74, 6) is -3.59. The number of aliphatic hydroxyl groups excluding tert-OH is 1. The summed E-state index contributed by atoms with van der Waals surface area (Å²) in [5.41, 5.74) is 3.32. The number of benzene rings is 3. The van der Waals surface area contributed by atoms with Crippen molar-refractivity contribution in [2.24, 2.45) is 0 Å². The van der Waals surface area contributed by atoms with Crippen molar-refractivity contribution < 1.29 is 31.9 Å². The summed E-state index contributed by atoms with van der Waals surface area (Å²) in [6, 6.07) is 15.2. The highest BCUT2D eigenvalue weighted by molar-refractivity contribution is 7.92. The van der Waals surface area contributed by atoms with Crippen LogP contribution in [0.5, 0.6) is 0 Å². The minimum atomic E-state index is -3.86. The molecule has 3 rings (SSSR count). The zero-order valence-corrected chi connectivity index (χ0v) is 29.3. The van der Waals surface area contributed by atoms with Gasteiger partial charge in [-0.2, -0.15) is 0 Å². The molecule has 1 unspecified atom stereocenters. The number of amides is 2. The summed E-state index contributed by atoms with van der Waals surface area (Å²) < 4.78 is 55.6. The normalized spacial score (nSPS) is 14.2. The van der Waals surface area contributed by atoms with E-state index in [0.29, 0.717) is 36.9 Å². The minimum absolute atomic E-state index is 0.00838. The average Bonchev–Trinajstić information content (AvgIpc) is 3.04. The summed E-state index contributed by atoms with van der Waals surface area (Å²) in [6.07, 6.45) is 0.843. The van der Waals surface area contributed by atoms with Crippen LogP contribution < -0.4 is 10.6 Å². The van der Waals surface area contributed by atoms with Crippen LogP contribution in [0.1, 0.15) is 72.6 Å². The first-order chi connectivity index (χ1) is 22.8. The third-order valence-corrected chi connectivity index (χ3v) is 11.0. The molecule has 0 saturated heterocycles. The van der Waals surface area contributed by atoms with E-state index in [1.165, 1.54) is 7.05 Å². The van der Waals surface area contributed by atoms with Gasteiger partial charge in [0.2, 0.25) is 5.91 Å². The largest absolute Gasteiger partial charge is 0.390 e. The average molecular weight is 686 g/mol. The van der Waals surface area contributed by atoms with E-state index in [0.717, 1.165) is 40.6 Å². The first kappa shape index (κ1) is 38.8. The van der Waals surface area contributed by atoms with E-state index >= 15 is 0 Å². The van der Waals surface area contributed by atoms with E-state index in [1.54, 1.807) is 38.1 Å². The smallest absolute Gasteiger partial charge is 0.254 e. The molecule has 11 heteroatoms. The van der Waals surface area contributed by atoms with Crippen LogP contribution in [-0.4, -0.2) is 73.0 Å². The van der Waals surface area contributed by atoms with Crippen molar-refractivity contribution >= 4 is 21.7 Å². The Hall–Kier alpha value is -3.67. The number of hydrogen-bond donors (Lipinski definition) is 3. The molecule has 4 atom stereocenters. The molecular formula is C37H49F2N3O5S. The Kier molecular flexibility index (Phi) is 14.7. The number of aliphatic hydroxyl groups is 1. The van der Waals surface area contributed by atoms with E-state index in [1.807, 2.05) is 31.2 Å². The fourth-order valence-corrected chi connectivity index (χ4v) is 8.02. The summed E-state index contributed by atoms with van der Waals surface area (Å²) >= 11 is 0. The monoisotopic (exact) mass is 685 g/mol. The summed E-state index contributed by atoms with van der Waals surface area (Å²) in [4.78, 5) is 28.9. The maximum atomic E-state index is 14.2. The molecule has 0 aliphatic carbocycles. The highest BCUT2D eigenvalue weighted by Crippen LogP contribution is 2.20. The summed E-state index contributed by atoms with van der Waals surface area (Å²) in [5, 5.41) is 16.6. The fraction of sp³-hybridized carbons (Fsp3) is 0.459. The lowest BCUT2D eigenvalue weighted by atomic mass is 10.00. The Morgan fingerprint density at radius 2 is 1.58 bits per heavy atom. The number of nitrogens with one attached hydrogen (secondary N) is 2. The van der Waals surface area contributed by atoms with Crippen molar-refractivity contribution in [3.63, 3.8) is 0 Å². The lowest BCUT2D eigenvalue weighted by molar-refractivity contribution is -0.126. The molecule has 0 fully saturated rings. The van der Waals surface area contributed by atoms with Crippen LogP contribution in [-0.2, 0) is 34.0 Å². The number of aryl methyl sites for hydroxylation is 2. The zero-order chi connectivity index (χ0) is 35.4. The number of rotatable bonds is 18. The Balaban J connectivity index is 1.93. The third-order valence-electron chi connectivity index (χ3n) is 8.68. The molecule has 0 saturated carbocycles. The maximum absolute atomic E-state index is 14.2. The highest BCUT2D eigenvalue weighted by Gasteiger charge is 2.37. The lowest BCUT2D eigenvalue weighted by Gasteiger charge is -2.32. The molecule has 3 aromatic carbocycles. The molecular weight excluding hydrogens is 636 g/mol. The fourth-order valence-electron chi connectivity index (χ4n) is 5.83. The third kappa shape index (κ3) is 10.9. The van der Waals surface area contributed by atoms with Crippen LogP contribution in [0.25, 0.3) is 0 Å². The van der Waals surface area contributed by atoms with Crippen LogP contribution in [0.2, 0.25) is 0 Å². The maximum Gasteiger partial charge on any atom is 0.254 e. The Bertz CT molecular complexity index is 1610. The van der Waals surface area contributed by atoms with Gasteiger partial charge in [0.05, 0.1) is 23.1 Å². The molecule has 262 valence electrons. The second-order valence-corrected chi connectivity index (χ2v) is 14.7. The van der Waals surface area contributed by atoms with Gasteiger partial charge in [-0.25, -0.2) is 17.2 Å². The molecule has 8 nitrogen and oxygen atoms in total. The van der Waals surface area contributed by atoms with Gasteiger partial charge in [-0.3, -0.25) is 9.59 Å². The first-order valence-corrected chi connectivity index (χ1v) is 18.3. The van der Waals surface area contributed by atoms with Gasteiger partial charge in [0.15, 0.2) is 9.84 Å². The molecule has 0 aliphatic heterocycles. The number of carbonyl (C=O) groups is 2. The molecule has 0 bridgehead atoms. The van der Waals surface area contributed by atoms with E-state index in [2.05, 4.69) is 17.6 Å². The number of sulfone groups is 1. The van der Waals surface area contributed by atoms with Crippen LogP contribution in [0, 0.1) is 18.6 Å². The van der Waals surface area contributed by atoms with Crippen molar-refractivity contribution in [2.45, 2.75) is 89.8 Å². The summed E-state index contributed by atoms with van der Waals surface area (Å²) in [6.45, 7) is 7.88. The molecule has 48 heavy (non-hydrogen) atoms. The van der Waals surface area contributed by atoms with Gasteiger partial charge in [0.25, 0.3) is 5.91 Å². The molecule has 0 spiro atoms. The number of carbonyl (C=O) groups excluding carboxylic acids is 2. The van der Waals surface area contributed by atoms with Crippen LogP contribution in [0.3, 0.4) is 0 Å². The van der Waals surface area contributed by atoms with Gasteiger partial charge < -0.3 is 20.6 Å². The van der Waals surface area contributed by atoms with Gasteiger partial charge in [0.1, 0.15) is 17.7 Å². The molecule has 3 aromatic rings. The van der Waals surface area contributed by atoms with Gasteiger partial charge >= 0.3 is 0 Å². The minimum Gasteiger partial charge on any atom is -0.390 e. The van der Waals surface area contributed by atoms with Crippen molar-refractivity contribution in [3.05, 3.63) is 106 Å². The first-order valence-electron chi connectivity index (χ1n) is 16.6. The van der Waals surface area contributed by atoms with Crippen LogP contribution in [0.15, 0.2) is 66.7 Å². The summed E-state index contributed by atoms with van der Waals surface area (Å²) in [7, 11) is -2.47. The van der Waals surface area contributed by atoms with E-state index in [4.69, 9.17) is 0 Å². The van der Waals surface area contributed by atoms with Crippen molar-refractivity contribution in [1.29, 1.82) is 0 Å². The van der Waals surface area contributed by atoms with Gasteiger partial charge in [0, 0.05) is 31.8 Å². The molecule has 0 aromatic heterocycles. The molecule has 3 N–H and O–H groups in total.